The molecule has 1 atom stereocenters. The molecule has 128 valence electrons. The Balaban J connectivity index is 1.97. The molecule has 0 radical (unpaired) electrons. The van der Waals surface area contributed by atoms with Crippen molar-refractivity contribution in [2.24, 2.45) is 0 Å². The van der Waals surface area contributed by atoms with Gasteiger partial charge in [0.05, 0.1) is 26.5 Å². The highest BCUT2D eigenvalue weighted by Gasteiger charge is 2.12. The number of hydrogen-bond donors (Lipinski definition) is 2. The van der Waals surface area contributed by atoms with E-state index >= 15 is 0 Å². The van der Waals surface area contributed by atoms with Crippen LogP contribution < -0.4 is 20.1 Å². The van der Waals surface area contributed by atoms with E-state index < -0.39 is 0 Å². The van der Waals surface area contributed by atoms with Crippen molar-refractivity contribution in [3.05, 3.63) is 52.5 Å². The van der Waals surface area contributed by atoms with Gasteiger partial charge in [0.1, 0.15) is 11.5 Å². The number of nitrogens with one attached hydrogen (secondary N) is 2. The van der Waals surface area contributed by atoms with Gasteiger partial charge in [0.15, 0.2) is 0 Å². The third kappa shape index (κ3) is 4.72. The van der Waals surface area contributed by atoms with E-state index in [2.05, 4.69) is 26.6 Å². The SMILES string of the molecule is COc1ccc(OC)c(NC(=O)CN[C@@H](C)c2ccccc2Br)c1. The zero-order valence-electron chi connectivity index (χ0n) is 13.9. The molecule has 0 aromatic heterocycles. The van der Waals surface area contributed by atoms with Crippen LogP contribution in [0.4, 0.5) is 5.69 Å². The van der Waals surface area contributed by atoms with Gasteiger partial charge < -0.3 is 20.1 Å². The summed E-state index contributed by atoms with van der Waals surface area (Å²) < 4.78 is 11.5. The van der Waals surface area contributed by atoms with E-state index in [-0.39, 0.29) is 18.5 Å². The number of amides is 1. The molecular formula is C18H21BrN2O3. The van der Waals surface area contributed by atoms with Gasteiger partial charge in [0.2, 0.25) is 5.91 Å². The second-order valence-corrected chi connectivity index (χ2v) is 6.09. The van der Waals surface area contributed by atoms with E-state index in [4.69, 9.17) is 9.47 Å². The number of carbonyl (C=O) groups excluding carboxylic acids is 1. The van der Waals surface area contributed by atoms with Crippen molar-refractivity contribution < 1.29 is 14.3 Å². The number of benzene rings is 2. The van der Waals surface area contributed by atoms with Gasteiger partial charge in [-0.3, -0.25) is 4.79 Å². The fraction of sp³-hybridized carbons (Fsp3) is 0.278. The minimum atomic E-state index is -0.152. The standard InChI is InChI=1S/C18H21BrN2O3/c1-12(14-6-4-5-7-15(14)19)20-11-18(22)21-16-10-13(23-2)8-9-17(16)24-3/h4-10,12,20H,11H2,1-3H3,(H,21,22)/t12-/m0/s1. The van der Waals surface area contributed by atoms with Crippen molar-refractivity contribution in [1.82, 2.24) is 5.32 Å². The molecule has 2 rings (SSSR count). The van der Waals surface area contributed by atoms with E-state index in [9.17, 15) is 4.79 Å². The molecule has 5 nitrogen and oxygen atoms in total. The van der Waals surface area contributed by atoms with Crippen LogP contribution in [0.15, 0.2) is 46.9 Å². The monoisotopic (exact) mass is 392 g/mol. The maximum atomic E-state index is 12.2. The molecule has 0 aliphatic carbocycles. The number of ether oxygens (including phenoxy) is 2. The zero-order valence-corrected chi connectivity index (χ0v) is 15.5. The van der Waals surface area contributed by atoms with Gasteiger partial charge in [-0.05, 0) is 30.7 Å². The number of methoxy groups -OCH3 is 2. The number of carbonyl (C=O) groups is 1. The van der Waals surface area contributed by atoms with Crippen molar-refractivity contribution in [3.63, 3.8) is 0 Å². The fourth-order valence-corrected chi connectivity index (χ4v) is 2.92. The molecule has 2 N–H and O–H groups in total. The lowest BCUT2D eigenvalue weighted by molar-refractivity contribution is -0.115. The summed E-state index contributed by atoms with van der Waals surface area (Å²) in [5.74, 6) is 1.09. The first-order chi connectivity index (χ1) is 11.5. The molecule has 2 aromatic carbocycles. The molecule has 0 saturated heterocycles. The maximum Gasteiger partial charge on any atom is 0.238 e. The number of hydrogen-bond acceptors (Lipinski definition) is 4. The van der Waals surface area contributed by atoms with Gasteiger partial charge in [-0.15, -0.1) is 0 Å². The number of halogens is 1. The van der Waals surface area contributed by atoms with Crippen molar-refractivity contribution in [2.45, 2.75) is 13.0 Å². The Hall–Kier alpha value is -2.05. The molecule has 0 aliphatic rings. The summed E-state index contributed by atoms with van der Waals surface area (Å²) in [5, 5.41) is 6.05. The summed E-state index contributed by atoms with van der Waals surface area (Å²) in [7, 11) is 3.14. The normalized spacial score (nSPS) is 11.7. The van der Waals surface area contributed by atoms with E-state index in [1.807, 2.05) is 31.2 Å². The average Bonchev–Trinajstić information content (AvgIpc) is 2.60. The van der Waals surface area contributed by atoms with E-state index in [0.29, 0.717) is 17.2 Å². The molecule has 0 aliphatic heterocycles. The van der Waals surface area contributed by atoms with Crippen LogP contribution in [0.3, 0.4) is 0 Å². The second kappa shape index (κ2) is 8.70. The molecule has 0 heterocycles. The lowest BCUT2D eigenvalue weighted by atomic mass is 10.1. The van der Waals surface area contributed by atoms with Crippen LogP contribution in [0.1, 0.15) is 18.5 Å². The van der Waals surface area contributed by atoms with Crippen molar-refractivity contribution in [3.8, 4) is 11.5 Å². The second-order valence-electron chi connectivity index (χ2n) is 5.24. The Bertz CT molecular complexity index is 706. The van der Waals surface area contributed by atoms with Crippen molar-refractivity contribution in [2.75, 3.05) is 26.1 Å². The predicted molar refractivity (Wildman–Crippen MR) is 98.7 cm³/mol. The van der Waals surface area contributed by atoms with Gasteiger partial charge in [0.25, 0.3) is 0 Å². The molecule has 6 heteroatoms. The summed E-state index contributed by atoms with van der Waals surface area (Å²) in [6.07, 6.45) is 0. The molecule has 1 amide bonds. The highest BCUT2D eigenvalue weighted by Crippen LogP contribution is 2.28. The summed E-state index contributed by atoms with van der Waals surface area (Å²) in [6.45, 7) is 2.20. The third-order valence-corrected chi connectivity index (χ3v) is 4.34. The summed E-state index contributed by atoms with van der Waals surface area (Å²) in [4.78, 5) is 12.2. The summed E-state index contributed by atoms with van der Waals surface area (Å²) in [6, 6.07) is 13.2. The molecular weight excluding hydrogens is 372 g/mol. The zero-order chi connectivity index (χ0) is 17.5. The summed E-state index contributed by atoms with van der Waals surface area (Å²) in [5.41, 5.74) is 1.68. The van der Waals surface area contributed by atoms with Gasteiger partial charge >= 0.3 is 0 Å². The minimum Gasteiger partial charge on any atom is -0.497 e. The Morgan fingerprint density at radius 2 is 1.92 bits per heavy atom. The van der Waals surface area contributed by atoms with E-state index in [0.717, 1.165) is 10.0 Å². The molecule has 0 fully saturated rings. The minimum absolute atomic E-state index is 0.0403. The van der Waals surface area contributed by atoms with Crippen LogP contribution in [-0.2, 0) is 4.79 Å². The molecule has 2 aromatic rings. The Morgan fingerprint density at radius 1 is 1.17 bits per heavy atom. The summed E-state index contributed by atoms with van der Waals surface area (Å²) >= 11 is 3.52. The first kappa shape index (κ1) is 18.3. The Labute approximate surface area is 150 Å². The number of anilines is 1. The van der Waals surface area contributed by atoms with Crippen LogP contribution in [0.25, 0.3) is 0 Å². The molecule has 24 heavy (non-hydrogen) atoms. The van der Waals surface area contributed by atoms with Gasteiger partial charge in [-0.1, -0.05) is 34.1 Å². The van der Waals surface area contributed by atoms with Crippen LogP contribution in [-0.4, -0.2) is 26.7 Å². The predicted octanol–water partition coefficient (Wildman–Crippen LogP) is 3.76. The Morgan fingerprint density at radius 3 is 2.58 bits per heavy atom. The third-order valence-electron chi connectivity index (χ3n) is 3.62. The quantitative estimate of drug-likeness (QED) is 0.752. The van der Waals surface area contributed by atoms with Crippen LogP contribution in [0, 0.1) is 0 Å². The first-order valence-electron chi connectivity index (χ1n) is 7.55. The smallest absolute Gasteiger partial charge is 0.238 e. The van der Waals surface area contributed by atoms with Gasteiger partial charge in [0, 0.05) is 16.6 Å². The molecule has 0 spiro atoms. The van der Waals surface area contributed by atoms with Crippen LogP contribution in [0.2, 0.25) is 0 Å². The first-order valence-corrected chi connectivity index (χ1v) is 8.34. The molecule has 0 unspecified atom stereocenters. The van der Waals surface area contributed by atoms with E-state index in [1.54, 1.807) is 32.4 Å². The largest absolute Gasteiger partial charge is 0.497 e. The maximum absolute atomic E-state index is 12.2. The lowest BCUT2D eigenvalue weighted by Crippen LogP contribution is -2.30. The van der Waals surface area contributed by atoms with Gasteiger partial charge in [-0.2, -0.15) is 0 Å². The van der Waals surface area contributed by atoms with E-state index in [1.165, 1.54) is 0 Å². The highest BCUT2D eigenvalue weighted by atomic mass is 79.9. The lowest BCUT2D eigenvalue weighted by Gasteiger charge is -2.16. The molecule has 0 bridgehead atoms. The fourth-order valence-electron chi connectivity index (χ4n) is 2.29. The molecule has 0 saturated carbocycles. The number of rotatable bonds is 7. The van der Waals surface area contributed by atoms with Crippen molar-refractivity contribution in [1.29, 1.82) is 0 Å². The highest BCUT2D eigenvalue weighted by molar-refractivity contribution is 9.10. The Kier molecular flexibility index (Phi) is 6.63. The van der Waals surface area contributed by atoms with Crippen LogP contribution in [0.5, 0.6) is 11.5 Å². The van der Waals surface area contributed by atoms with Crippen LogP contribution >= 0.6 is 15.9 Å². The topological polar surface area (TPSA) is 59.6 Å². The average molecular weight is 393 g/mol. The van der Waals surface area contributed by atoms with Gasteiger partial charge in [-0.25, -0.2) is 0 Å². The van der Waals surface area contributed by atoms with Crippen molar-refractivity contribution >= 4 is 27.5 Å².